The molecule has 2 nitrogen and oxygen atoms in total. The van der Waals surface area contributed by atoms with E-state index in [1.54, 1.807) is 10.8 Å². The van der Waals surface area contributed by atoms with Crippen LogP contribution in [0.25, 0.3) is 10.9 Å². The molecule has 0 saturated carbocycles. The zero-order valence-corrected chi connectivity index (χ0v) is 10.3. The van der Waals surface area contributed by atoms with E-state index in [0.717, 1.165) is 15.4 Å². The van der Waals surface area contributed by atoms with Gasteiger partial charge in [0.25, 0.3) is 0 Å². The summed E-state index contributed by atoms with van der Waals surface area (Å²) in [4.78, 5) is 0. The van der Waals surface area contributed by atoms with Crippen molar-refractivity contribution in [3.05, 3.63) is 34.9 Å². The highest BCUT2D eigenvalue weighted by Crippen LogP contribution is 2.21. The molecule has 0 aliphatic rings. The van der Waals surface area contributed by atoms with Crippen LogP contribution in [-0.4, -0.2) is 17.4 Å². The lowest BCUT2D eigenvalue weighted by molar-refractivity contribution is -0.181. The number of nitrogens with zero attached hydrogens (tertiary/aromatic N) is 1. The fourth-order valence-corrected chi connectivity index (χ4v) is 1.88. The Balaban J connectivity index is 2.11. The van der Waals surface area contributed by atoms with E-state index in [-0.39, 0.29) is 6.73 Å². The Kier molecular flexibility index (Phi) is 3.44. The van der Waals surface area contributed by atoms with E-state index in [0.29, 0.717) is 0 Å². The summed E-state index contributed by atoms with van der Waals surface area (Å²) < 4.78 is 42.9. The van der Waals surface area contributed by atoms with Crippen LogP contribution in [0.2, 0.25) is 0 Å². The number of rotatable bonds is 3. The summed E-state index contributed by atoms with van der Waals surface area (Å²) in [5.74, 6) is 0. The largest absolute Gasteiger partial charge is 0.411 e. The molecule has 0 amide bonds. The molecule has 92 valence electrons. The van der Waals surface area contributed by atoms with Crippen LogP contribution in [0, 0.1) is 0 Å². The van der Waals surface area contributed by atoms with Gasteiger partial charge >= 0.3 is 6.18 Å². The van der Waals surface area contributed by atoms with Crippen molar-refractivity contribution in [2.75, 3.05) is 6.61 Å². The van der Waals surface area contributed by atoms with Gasteiger partial charge in [-0.1, -0.05) is 22.0 Å². The van der Waals surface area contributed by atoms with Gasteiger partial charge in [-0.2, -0.15) is 13.2 Å². The average molecular weight is 308 g/mol. The molecule has 0 bridgehead atoms. The second kappa shape index (κ2) is 4.70. The summed E-state index contributed by atoms with van der Waals surface area (Å²) >= 11 is 3.32. The Morgan fingerprint density at radius 3 is 2.71 bits per heavy atom. The lowest BCUT2D eigenvalue weighted by atomic mass is 10.2. The molecule has 0 aliphatic heterocycles. The molecular weight excluding hydrogens is 299 g/mol. The minimum absolute atomic E-state index is 0.112. The number of aromatic nitrogens is 1. The molecule has 1 heterocycles. The van der Waals surface area contributed by atoms with Crippen molar-refractivity contribution in [2.24, 2.45) is 0 Å². The van der Waals surface area contributed by atoms with Crippen LogP contribution in [0.3, 0.4) is 0 Å². The maximum absolute atomic E-state index is 11.9. The summed E-state index contributed by atoms with van der Waals surface area (Å²) in [7, 11) is 0. The summed E-state index contributed by atoms with van der Waals surface area (Å²) in [6.07, 6.45) is -2.59. The molecule has 0 aliphatic carbocycles. The highest BCUT2D eigenvalue weighted by Gasteiger charge is 2.27. The molecule has 1 aromatic heterocycles. The van der Waals surface area contributed by atoms with Crippen LogP contribution in [-0.2, 0) is 11.5 Å². The first kappa shape index (κ1) is 12.4. The van der Waals surface area contributed by atoms with E-state index in [1.807, 2.05) is 24.3 Å². The van der Waals surface area contributed by atoms with Gasteiger partial charge in [-0.25, -0.2) is 0 Å². The van der Waals surface area contributed by atoms with Gasteiger partial charge in [0.2, 0.25) is 0 Å². The monoisotopic (exact) mass is 307 g/mol. The first-order valence-electron chi connectivity index (χ1n) is 4.84. The fraction of sp³-hybridized carbons (Fsp3) is 0.273. The van der Waals surface area contributed by atoms with Crippen molar-refractivity contribution in [1.82, 2.24) is 4.57 Å². The van der Waals surface area contributed by atoms with Crippen molar-refractivity contribution in [1.29, 1.82) is 0 Å². The second-order valence-corrected chi connectivity index (χ2v) is 4.50. The first-order valence-corrected chi connectivity index (χ1v) is 5.64. The molecule has 1 aromatic carbocycles. The van der Waals surface area contributed by atoms with E-state index >= 15 is 0 Å². The van der Waals surface area contributed by atoms with Crippen molar-refractivity contribution in [2.45, 2.75) is 12.9 Å². The zero-order chi connectivity index (χ0) is 12.5. The van der Waals surface area contributed by atoms with Crippen LogP contribution in [0.15, 0.2) is 34.9 Å². The molecule has 0 radical (unpaired) electrons. The predicted molar refractivity (Wildman–Crippen MR) is 61.6 cm³/mol. The number of benzene rings is 1. The van der Waals surface area contributed by atoms with E-state index in [9.17, 15) is 13.2 Å². The Bertz CT molecular complexity index is 521. The third kappa shape index (κ3) is 3.23. The Labute approximate surface area is 104 Å². The highest BCUT2D eigenvalue weighted by atomic mass is 79.9. The van der Waals surface area contributed by atoms with Gasteiger partial charge in [0, 0.05) is 10.7 Å². The predicted octanol–water partition coefficient (Wildman–Crippen LogP) is 3.94. The summed E-state index contributed by atoms with van der Waals surface area (Å²) in [6, 6.07) is 7.44. The molecule has 0 saturated heterocycles. The standard InChI is InChI=1S/C11H9BrF3NO/c12-9-2-1-8-3-4-16(10(8)5-9)7-17-6-11(13,14)15/h1-5H,6-7H2. The molecule has 2 rings (SSSR count). The number of hydrogen-bond donors (Lipinski definition) is 0. The fourth-order valence-electron chi connectivity index (χ4n) is 1.53. The number of halogens is 4. The molecule has 2 aromatic rings. The third-order valence-corrected chi connectivity index (χ3v) is 2.73. The summed E-state index contributed by atoms with van der Waals surface area (Å²) in [5, 5.41) is 0.962. The minimum Gasteiger partial charge on any atom is -0.351 e. The van der Waals surface area contributed by atoms with Crippen molar-refractivity contribution in [3.8, 4) is 0 Å². The first-order chi connectivity index (χ1) is 7.96. The normalized spacial score (nSPS) is 12.2. The van der Waals surface area contributed by atoms with Crippen molar-refractivity contribution >= 4 is 26.8 Å². The molecule has 17 heavy (non-hydrogen) atoms. The topological polar surface area (TPSA) is 14.2 Å². The van der Waals surface area contributed by atoms with Gasteiger partial charge in [0.15, 0.2) is 0 Å². The summed E-state index contributed by atoms with van der Waals surface area (Å²) in [5.41, 5.74) is 0.835. The summed E-state index contributed by atoms with van der Waals surface area (Å²) in [6.45, 7) is -1.35. The van der Waals surface area contributed by atoms with Crippen LogP contribution in [0.5, 0.6) is 0 Å². The number of hydrogen-bond acceptors (Lipinski definition) is 1. The van der Waals surface area contributed by atoms with Gasteiger partial charge in [-0.15, -0.1) is 0 Å². The maximum atomic E-state index is 11.9. The van der Waals surface area contributed by atoms with E-state index in [1.165, 1.54) is 0 Å². The van der Waals surface area contributed by atoms with E-state index in [4.69, 9.17) is 0 Å². The number of fused-ring (bicyclic) bond motifs is 1. The van der Waals surface area contributed by atoms with Crippen molar-refractivity contribution in [3.63, 3.8) is 0 Å². The van der Waals surface area contributed by atoms with Crippen LogP contribution in [0.1, 0.15) is 0 Å². The van der Waals surface area contributed by atoms with Gasteiger partial charge in [-0.05, 0) is 23.6 Å². The smallest absolute Gasteiger partial charge is 0.351 e. The molecule has 0 fully saturated rings. The lowest BCUT2D eigenvalue weighted by Gasteiger charge is -2.09. The van der Waals surface area contributed by atoms with Gasteiger partial charge in [0.1, 0.15) is 13.3 Å². The molecule has 6 heteroatoms. The van der Waals surface area contributed by atoms with Crippen LogP contribution >= 0.6 is 15.9 Å². The Hall–Kier alpha value is -1.01. The van der Waals surface area contributed by atoms with Crippen LogP contribution < -0.4 is 0 Å². The second-order valence-electron chi connectivity index (χ2n) is 3.58. The zero-order valence-electron chi connectivity index (χ0n) is 8.67. The van der Waals surface area contributed by atoms with Gasteiger partial charge < -0.3 is 9.30 Å². The SMILES string of the molecule is FC(F)(F)COCn1ccc2ccc(Br)cc21. The molecular formula is C11H9BrF3NO. The number of ether oxygens (including phenoxy) is 1. The lowest BCUT2D eigenvalue weighted by Crippen LogP contribution is -2.18. The van der Waals surface area contributed by atoms with E-state index < -0.39 is 12.8 Å². The van der Waals surface area contributed by atoms with E-state index in [2.05, 4.69) is 20.7 Å². The third-order valence-electron chi connectivity index (χ3n) is 2.23. The minimum atomic E-state index is -4.29. The Morgan fingerprint density at radius 1 is 1.24 bits per heavy atom. The van der Waals surface area contributed by atoms with Crippen LogP contribution in [0.4, 0.5) is 13.2 Å². The van der Waals surface area contributed by atoms with Crippen molar-refractivity contribution < 1.29 is 17.9 Å². The molecule has 0 spiro atoms. The molecule has 0 N–H and O–H groups in total. The maximum Gasteiger partial charge on any atom is 0.411 e. The van der Waals surface area contributed by atoms with Gasteiger partial charge in [-0.3, -0.25) is 0 Å². The highest BCUT2D eigenvalue weighted by molar-refractivity contribution is 9.10. The molecule has 0 unspecified atom stereocenters. The quantitative estimate of drug-likeness (QED) is 0.838. The van der Waals surface area contributed by atoms with Gasteiger partial charge in [0.05, 0.1) is 5.52 Å². The average Bonchev–Trinajstić information content (AvgIpc) is 2.59. The molecule has 0 atom stereocenters. The number of alkyl halides is 3. The Morgan fingerprint density at radius 2 is 2.00 bits per heavy atom.